The number of aryl methyl sites for hydroxylation is 4. The molecule has 0 aliphatic rings. The highest BCUT2D eigenvalue weighted by atomic mass is 31.2. The third kappa shape index (κ3) is 57.0. The van der Waals surface area contributed by atoms with Gasteiger partial charge in [0.2, 0.25) is 0 Å². The molecule has 95 heavy (non-hydrogen) atoms. The number of phosphoric ester groups is 1. The maximum Gasteiger partial charge on any atom is 0.472 e. The van der Waals surface area contributed by atoms with Crippen molar-refractivity contribution in [3.8, 4) is 11.5 Å². The van der Waals surface area contributed by atoms with Crippen molar-refractivity contribution in [2.75, 3.05) is 185 Å². The van der Waals surface area contributed by atoms with E-state index >= 15 is 0 Å². The minimum absolute atomic E-state index is 0.107. The lowest BCUT2D eigenvalue weighted by Crippen LogP contribution is -2.15. The molecule has 0 unspecified atom stereocenters. The first kappa shape index (κ1) is 88.8. The van der Waals surface area contributed by atoms with Gasteiger partial charge >= 0.3 is 7.82 Å². The standard InChI is InChI=1S/C76H139O18P/c1-5-9-13-17-21-25-29-35-71-39-33-40-72(36-30-26-22-18-14-10-6-2)75(71)91-67-63-87-59-55-83-51-47-79-43-45-81-49-53-85-57-61-89-65-69-93-95(77,78)94-70-66-90-62-58-86-54-50-82-46-44-80-48-52-84-56-60-88-64-68-92-76-73(37-31-27-23-19-15-11-7-3)41-34-42-74(76)38-32-28-24-20-16-12-8-4/h33-34,39-42H,5-32,35-38,43-70H2,1-4H3,(H,77,78). The SMILES string of the molecule is CCCCCCCCCc1cccc(CCCCCCCCC)c1OCCOCCOCCOCCOCCOCCOCCOP(=O)(O)OCCOCCOCCOCCOCCOCCOCCOc1c(CCCCCCCCC)cccc1CCCCCCCCC. The number of hydrogen-bond acceptors (Lipinski definition) is 17. The first-order valence-corrected chi connectivity index (χ1v) is 39.5. The lowest BCUT2D eigenvalue weighted by Gasteiger charge is -2.17. The molecular formula is C76H139O18P. The van der Waals surface area contributed by atoms with Gasteiger partial charge < -0.3 is 71.2 Å². The van der Waals surface area contributed by atoms with Crippen molar-refractivity contribution in [1.82, 2.24) is 0 Å². The quantitative estimate of drug-likeness (QED) is 0.0486. The summed E-state index contributed by atoms with van der Waals surface area (Å²) in [6.07, 6.45) is 40.8. The van der Waals surface area contributed by atoms with Crippen molar-refractivity contribution in [2.24, 2.45) is 0 Å². The molecule has 0 radical (unpaired) electrons. The molecule has 0 aliphatic heterocycles. The monoisotopic (exact) mass is 1370 g/mol. The highest BCUT2D eigenvalue weighted by Gasteiger charge is 2.20. The van der Waals surface area contributed by atoms with Crippen molar-refractivity contribution in [3.63, 3.8) is 0 Å². The molecule has 2 aromatic carbocycles. The Bertz CT molecular complexity index is 1750. The topological polar surface area (TPSA) is 185 Å². The normalized spacial score (nSPS) is 11.8. The molecule has 0 fully saturated rings. The Morgan fingerprint density at radius 2 is 0.411 bits per heavy atom. The highest BCUT2D eigenvalue weighted by molar-refractivity contribution is 7.47. The number of hydrogen-bond donors (Lipinski definition) is 1. The van der Waals surface area contributed by atoms with Crippen LogP contribution in [0.25, 0.3) is 0 Å². The summed E-state index contributed by atoms with van der Waals surface area (Å²) in [4.78, 5) is 9.94. The third-order valence-corrected chi connectivity index (χ3v) is 17.2. The second-order valence-electron chi connectivity index (χ2n) is 24.5. The summed E-state index contributed by atoms with van der Waals surface area (Å²) in [6.45, 7) is 19.9. The van der Waals surface area contributed by atoms with Gasteiger partial charge in [-0.3, -0.25) is 9.05 Å². The zero-order valence-corrected chi connectivity index (χ0v) is 61.6. The molecule has 2 aromatic rings. The summed E-state index contributed by atoms with van der Waals surface area (Å²) in [6, 6.07) is 13.4. The second-order valence-corrected chi connectivity index (χ2v) is 25.9. The average Bonchev–Trinajstić information content (AvgIpc) is 1.21. The fourth-order valence-corrected chi connectivity index (χ4v) is 11.5. The smallest absolute Gasteiger partial charge is 0.472 e. The summed E-state index contributed by atoms with van der Waals surface area (Å²) < 4.78 is 102. The van der Waals surface area contributed by atoms with E-state index in [1.807, 2.05) is 0 Å². The Morgan fingerprint density at radius 1 is 0.242 bits per heavy atom. The summed E-state index contributed by atoms with van der Waals surface area (Å²) >= 11 is 0. The number of unbranched alkanes of at least 4 members (excludes halogenated alkanes) is 24. The minimum Gasteiger partial charge on any atom is -0.491 e. The molecule has 556 valence electrons. The Labute approximate surface area is 578 Å². The van der Waals surface area contributed by atoms with E-state index in [2.05, 4.69) is 64.1 Å². The molecule has 0 amide bonds. The fourth-order valence-electron chi connectivity index (χ4n) is 10.8. The number of phosphoric acid groups is 1. The van der Waals surface area contributed by atoms with Gasteiger partial charge in [-0.25, -0.2) is 4.57 Å². The van der Waals surface area contributed by atoms with Gasteiger partial charge in [0.15, 0.2) is 0 Å². The van der Waals surface area contributed by atoms with E-state index in [1.165, 1.54) is 202 Å². The molecule has 18 nitrogen and oxygen atoms in total. The Morgan fingerprint density at radius 3 is 0.611 bits per heavy atom. The minimum atomic E-state index is -4.23. The van der Waals surface area contributed by atoms with Crippen LogP contribution in [0.5, 0.6) is 11.5 Å². The van der Waals surface area contributed by atoms with E-state index in [-0.39, 0.29) is 26.4 Å². The van der Waals surface area contributed by atoms with Crippen molar-refractivity contribution in [1.29, 1.82) is 0 Å². The maximum absolute atomic E-state index is 12.2. The van der Waals surface area contributed by atoms with E-state index in [0.29, 0.717) is 159 Å². The second kappa shape index (κ2) is 70.1. The Kier molecular flexibility index (Phi) is 65.5. The summed E-state index contributed by atoms with van der Waals surface area (Å²) in [7, 11) is -4.23. The lowest BCUT2D eigenvalue weighted by atomic mass is 9.98. The van der Waals surface area contributed by atoms with Crippen LogP contribution in [0, 0.1) is 0 Å². The van der Waals surface area contributed by atoms with Crippen molar-refractivity contribution in [2.45, 2.75) is 233 Å². The molecule has 0 aromatic heterocycles. The van der Waals surface area contributed by atoms with Crippen LogP contribution in [-0.4, -0.2) is 190 Å². The van der Waals surface area contributed by atoms with Gasteiger partial charge in [0, 0.05) is 0 Å². The Balaban J connectivity index is 1.33. The van der Waals surface area contributed by atoms with Gasteiger partial charge in [0.25, 0.3) is 0 Å². The van der Waals surface area contributed by atoms with Gasteiger partial charge in [0.05, 0.1) is 172 Å². The third-order valence-electron chi connectivity index (χ3n) is 16.2. The van der Waals surface area contributed by atoms with E-state index in [0.717, 1.165) is 37.2 Å². The van der Waals surface area contributed by atoms with Gasteiger partial charge in [-0.05, 0) is 73.6 Å². The van der Waals surface area contributed by atoms with Crippen LogP contribution in [0.2, 0.25) is 0 Å². The first-order chi connectivity index (χ1) is 47.0. The van der Waals surface area contributed by atoms with Gasteiger partial charge in [-0.1, -0.05) is 218 Å². The molecule has 0 aliphatic carbocycles. The van der Waals surface area contributed by atoms with Crippen LogP contribution in [0.3, 0.4) is 0 Å². The summed E-state index contributed by atoms with van der Waals surface area (Å²) in [5.74, 6) is 2.18. The first-order valence-electron chi connectivity index (χ1n) is 38.0. The highest BCUT2D eigenvalue weighted by Crippen LogP contribution is 2.42. The molecule has 0 saturated heterocycles. The number of benzene rings is 2. The zero-order chi connectivity index (χ0) is 67.9. The van der Waals surface area contributed by atoms with E-state index in [4.69, 9.17) is 75.4 Å². The van der Waals surface area contributed by atoms with E-state index in [9.17, 15) is 9.46 Å². The van der Waals surface area contributed by atoms with Crippen LogP contribution < -0.4 is 9.47 Å². The van der Waals surface area contributed by atoms with Crippen LogP contribution >= 0.6 is 7.82 Å². The molecule has 0 saturated carbocycles. The van der Waals surface area contributed by atoms with Crippen LogP contribution in [0.4, 0.5) is 0 Å². The summed E-state index contributed by atoms with van der Waals surface area (Å²) in [5.41, 5.74) is 5.36. The molecule has 19 heteroatoms. The Hall–Kier alpha value is -2.33. The predicted molar refractivity (Wildman–Crippen MR) is 382 cm³/mol. The van der Waals surface area contributed by atoms with Gasteiger partial charge in [0.1, 0.15) is 24.7 Å². The number of rotatable bonds is 78. The van der Waals surface area contributed by atoms with Crippen molar-refractivity contribution < 1.29 is 84.8 Å². The van der Waals surface area contributed by atoms with E-state index < -0.39 is 7.82 Å². The van der Waals surface area contributed by atoms with Crippen LogP contribution in [0.1, 0.15) is 230 Å². The maximum atomic E-state index is 12.2. The van der Waals surface area contributed by atoms with Crippen LogP contribution in [-0.2, 0) is 96.1 Å². The molecule has 2 rings (SSSR count). The summed E-state index contributed by atoms with van der Waals surface area (Å²) in [5, 5.41) is 0. The van der Waals surface area contributed by atoms with Gasteiger partial charge in [-0.2, -0.15) is 0 Å². The largest absolute Gasteiger partial charge is 0.491 e. The van der Waals surface area contributed by atoms with Crippen LogP contribution in [0.15, 0.2) is 36.4 Å². The predicted octanol–water partition coefficient (Wildman–Crippen LogP) is 16.6. The number of para-hydroxylation sites is 2. The fraction of sp³-hybridized carbons (Fsp3) is 0.842. The average molecular weight is 1370 g/mol. The van der Waals surface area contributed by atoms with Crippen molar-refractivity contribution in [3.05, 3.63) is 58.7 Å². The molecule has 0 bridgehead atoms. The number of ether oxygens (including phenoxy) is 14. The zero-order valence-electron chi connectivity index (χ0n) is 60.7. The van der Waals surface area contributed by atoms with E-state index in [1.54, 1.807) is 0 Å². The molecule has 0 atom stereocenters. The molecule has 0 spiro atoms. The lowest BCUT2D eigenvalue weighted by molar-refractivity contribution is -0.0204. The molecule has 1 N–H and O–H groups in total. The molecular weight excluding hydrogens is 1230 g/mol. The van der Waals surface area contributed by atoms with Crippen molar-refractivity contribution >= 4 is 7.82 Å². The molecule has 0 heterocycles. The van der Waals surface area contributed by atoms with Gasteiger partial charge in [-0.15, -0.1) is 0 Å².